The van der Waals surface area contributed by atoms with Crippen LogP contribution in [0.4, 0.5) is 4.39 Å². The highest BCUT2D eigenvalue weighted by molar-refractivity contribution is 6.16. The fraction of sp³-hybridized carbons (Fsp3) is 0.118. The fourth-order valence-corrected chi connectivity index (χ4v) is 2.79. The minimum absolute atomic E-state index is 0.180. The molecule has 0 saturated heterocycles. The summed E-state index contributed by atoms with van der Waals surface area (Å²) in [7, 11) is 0. The lowest BCUT2D eigenvalue weighted by molar-refractivity contribution is 0.104. The Labute approximate surface area is 120 Å². The van der Waals surface area contributed by atoms with Gasteiger partial charge in [-0.2, -0.15) is 0 Å². The van der Waals surface area contributed by atoms with Crippen LogP contribution in [0.1, 0.15) is 27.0 Å². The predicted octanol–water partition coefficient (Wildman–Crippen LogP) is 3.57. The number of ether oxygens (including phenoxy) is 1. The van der Waals surface area contributed by atoms with Crippen LogP contribution in [0.5, 0.6) is 0 Å². The number of carbonyl (C=O) groups excluding carboxylic acids is 1. The molecule has 3 nitrogen and oxygen atoms in total. The molecule has 1 aromatic heterocycles. The molecule has 2 aromatic carbocycles. The van der Waals surface area contributed by atoms with Crippen LogP contribution in [0.15, 0.2) is 42.6 Å². The molecule has 1 N–H and O–H groups in total. The van der Waals surface area contributed by atoms with E-state index >= 15 is 0 Å². The summed E-state index contributed by atoms with van der Waals surface area (Å²) in [6, 6.07) is 10.3. The van der Waals surface area contributed by atoms with Crippen LogP contribution in [0.2, 0.25) is 0 Å². The number of nitrogens with one attached hydrogen (secondary N) is 1. The van der Waals surface area contributed by atoms with Gasteiger partial charge in [-0.25, -0.2) is 4.39 Å². The summed E-state index contributed by atoms with van der Waals surface area (Å²) in [5.41, 5.74) is 3.69. The van der Waals surface area contributed by atoms with Crippen molar-refractivity contribution in [2.45, 2.75) is 13.2 Å². The Balaban J connectivity index is 1.83. The Morgan fingerprint density at radius 2 is 2.00 bits per heavy atom. The number of aromatic nitrogens is 1. The van der Waals surface area contributed by atoms with Crippen LogP contribution in [-0.2, 0) is 18.0 Å². The summed E-state index contributed by atoms with van der Waals surface area (Å²) >= 11 is 0. The molecule has 0 fully saturated rings. The van der Waals surface area contributed by atoms with E-state index in [-0.39, 0.29) is 11.6 Å². The second kappa shape index (κ2) is 4.53. The van der Waals surface area contributed by atoms with Crippen molar-refractivity contribution in [2.24, 2.45) is 0 Å². The zero-order chi connectivity index (χ0) is 14.4. The van der Waals surface area contributed by atoms with Crippen LogP contribution in [0.25, 0.3) is 10.9 Å². The van der Waals surface area contributed by atoms with E-state index in [1.807, 2.05) is 12.1 Å². The van der Waals surface area contributed by atoms with Crippen molar-refractivity contribution < 1.29 is 13.9 Å². The van der Waals surface area contributed by atoms with Crippen LogP contribution in [0, 0.1) is 5.82 Å². The molecule has 4 heteroatoms. The van der Waals surface area contributed by atoms with Gasteiger partial charge >= 0.3 is 0 Å². The second-order valence-corrected chi connectivity index (χ2v) is 5.17. The first-order chi connectivity index (χ1) is 10.2. The van der Waals surface area contributed by atoms with Crippen molar-refractivity contribution in [3.05, 3.63) is 70.7 Å². The second-order valence-electron chi connectivity index (χ2n) is 5.17. The SMILES string of the molecule is O=C(c1ccc2c(c1)COC2)c1c[nH]c2cccc(F)c12. The van der Waals surface area contributed by atoms with Crippen LogP contribution < -0.4 is 0 Å². The number of halogens is 1. The highest BCUT2D eigenvalue weighted by Gasteiger charge is 2.19. The van der Waals surface area contributed by atoms with E-state index in [0.29, 0.717) is 35.2 Å². The third-order valence-electron chi connectivity index (χ3n) is 3.88. The van der Waals surface area contributed by atoms with E-state index in [9.17, 15) is 9.18 Å². The molecule has 0 amide bonds. The number of aromatic amines is 1. The quantitative estimate of drug-likeness (QED) is 0.730. The molecule has 104 valence electrons. The lowest BCUT2D eigenvalue weighted by Crippen LogP contribution is -2.02. The van der Waals surface area contributed by atoms with Crippen molar-refractivity contribution >= 4 is 16.7 Å². The van der Waals surface area contributed by atoms with Crippen molar-refractivity contribution in [3.63, 3.8) is 0 Å². The van der Waals surface area contributed by atoms with Crippen molar-refractivity contribution in [1.82, 2.24) is 4.98 Å². The van der Waals surface area contributed by atoms with E-state index in [2.05, 4.69) is 4.98 Å². The van der Waals surface area contributed by atoms with Crippen LogP contribution in [-0.4, -0.2) is 10.8 Å². The maximum Gasteiger partial charge on any atom is 0.195 e. The average molecular weight is 281 g/mol. The monoisotopic (exact) mass is 281 g/mol. The Bertz CT molecular complexity index is 866. The summed E-state index contributed by atoms with van der Waals surface area (Å²) < 4.78 is 19.3. The van der Waals surface area contributed by atoms with E-state index in [1.54, 1.807) is 24.4 Å². The largest absolute Gasteiger partial charge is 0.372 e. The zero-order valence-corrected chi connectivity index (χ0v) is 11.2. The molecule has 0 aliphatic carbocycles. The first-order valence-corrected chi connectivity index (χ1v) is 6.74. The maximum absolute atomic E-state index is 14.0. The number of hydrogen-bond acceptors (Lipinski definition) is 2. The molecule has 2 heterocycles. The van der Waals surface area contributed by atoms with Crippen molar-refractivity contribution in [2.75, 3.05) is 0 Å². The van der Waals surface area contributed by atoms with Crippen molar-refractivity contribution in [3.8, 4) is 0 Å². The van der Waals surface area contributed by atoms with Gasteiger partial charge in [0.2, 0.25) is 0 Å². The first kappa shape index (κ1) is 12.3. The number of H-pyrrole nitrogens is 1. The van der Waals surface area contributed by atoms with Gasteiger partial charge in [0.1, 0.15) is 5.82 Å². The number of rotatable bonds is 2. The lowest BCUT2D eigenvalue weighted by atomic mass is 9.99. The summed E-state index contributed by atoms with van der Waals surface area (Å²) in [5, 5.41) is 0.347. The molecular weight excluding hydrogens is 269 g/mol. The topological polar surface area (TPSA) is 42.1 Å². The average Bonchev–Trinajstić information content (AvgIpc) is 3.13. The molecular formula is C17H12FNO2. The van der Waals surface area contributed by atoms with Gasteiger partial charge in [-0.15, -0.1) is 0 Å². The minimum Gasteiger partial charge on any atom is -0.372 e. The van der Waals surface area contributed by atoms with Gasteiger partial charge in [-0.3, -0.25) is 4.79 Å². The fourth-order valence-electron chi connectivity index (χ4n) is 2.79. The van der Waals surface area contributed by atoms with E-state index in [0.717, 1.165) is 11.1 Å². The Morgan fingerprint density at radius 1 is 1.14 bits per heavy atom. The van der Waals surface area contributed by atoms with Crippen molar-refractivity contribution in [1.29, 1.82) is 0 Å². The van der Waals surface area contributed by atoms with E-state index in [4.69, 9.17) is 4.74 Å². The molecule has 0 spiro atoms. The predicted molar refractivity (Wildman–Crippen MR) is 76.6 cm³/mol. The standard InChI is InChI=1S/C17H12FNO2/c18-14-2-1-3-15-16(14)13(7-19-15)17(20)10-4-5-11-8-21-9-12(11)6-10/h1-7,19H,8-9H2. The number of carbonyl (C=O) groups is 1. The van der Waals surface area contributed by atoms with Gasteiger partial charge in [0, 0.05) is 22.7 Å². The maximum atomic E-state index is 14.0. The van der Waals surface area contributed by atoms with Gasteiger partial charge in [-0.05, 0) is 29.3 Å². The third kappa shape index (κ3) is 1.87. The summed E-state index contributed by atoms with van der Waals surface area (Å²) in [4.78, 5) is 15.6. The summed E-state index contributed by atoms with van der Waals surface area (Å²) in [6.45, 7) is 1.12. The number of hydrogen-bond donors (Lipinski definition) is 1. The van der Waals surface area contributed by atoms with Gasteiger partial charge in [-0.1, -0.05) is 18.2 Å². The van der Waals surface area contributed by atoms with Gasteiger partial charge in [0.25, 0.3) is 0 Å². The smallest absolute Gasteiger partial charge is 0.195 e. The highest BCUT2D eigenvalue weighted by atomic mass is 19.1. The molecule has 4 rings (SSSR count). The third-order valence-corrected chi connectivity index (χ3v) is 3.88. The van der Waals surface area contributed by atoms with Gasteiger partial charge in [0.15, 0.2) is 5.78 Å². The van der Waals surface area contributed by atoms with E-state index < -0.39 is 0 Å². The number of ketones is 1. The van der Waals surface area contributed by atoms with Gasteiger partial charge in [0.05, 0.1) is 18.8 Å². The lowest BCUT2D eigenvalue weighted by Gasteiger charge is -2.03. The minimum atomic E-state index is -0.387. The highest BCUT2D eigenvalue weighted by Crippen LogP contribution is 2.26. The molecule has 0 atom stereocenters. The molecule has 3 aromatic rings. The molecule has 1 aliphatic rings. The number of fused-ring (bicyclic) bond motifs is 2. The Morgan fingerprint density at radius 3 is 2.90 bits per heavy atom. The normalized spacial score (nSPS) is 13.6. The summed E-state index contributed by atoms with van der Waals surface area (Å²) in [5.74, 6) is -0.567. The molecule has 0 saturated carbocycles. The molecule has 0 radical (unpaired) electrons. The Kier molecular flexibility index (Phi) is 2.65. The molecule has 1 aliphatic heterocycles. The van der Waals surface area contributed by atoms with E-state index in [1.165, 1.54) is 6.07 Å². The first-order valence-electron chi connectivity index (χ1n) is 6.74. The number of benzene rings is 2. The van der Waals surface area contributed by atoms with Crippen LogP contribution in [0.3, 0.4) is 0 Å². The van der Waals surface area contributed by atoms with Crippen LogP contribution >= 0.6 is 0 Å². The summed E-state index contributed by atoms with van der Waals surface area (Å²) in [6.07, 6.45) is 1.57. The Hall–Kier alpha value is -2.46. The molecule has 21 heavy (non-hydrogen) atoms. The molecule has 0 unspecified atom stereocenters. The zero-order valence-electron chi connectivity index (χ0n) is 11.2. The van der Waals surface area contributed by atoms with Gasteiger partial charge < -0.3 is 9.72 Å². The molecule has 0 bridgehead atoms.